The van der Waals surface area contributed by atoms with Crippen LogP contribution >= 0.6 is 0 Å². The second-order valence-electron chi connectivity index (χ2n) is 13.3. The van der Waals surface area contributed by atoms with Crippen LogP contribution in [0.3, 0.4) is 0 Å². The van der Waals surface area contributed by atoms with Gasteiger partial charge in [-0.2, -0.15) is 31.1 Å². The number of ether oxygens (including phenoxy) is 1. The van der Waals surface area contributed by atoms with Crippen molar-refractivity contribution < 1.29 is 45.0 Å². The number of tetrazole rings is 1. The van der Waals surface area contributed by atoms with Gasteiger partial charge in [-0.05, 0) is 78.0 Å². The highest BCUT2D eigenvalue weighted by Gasteiger charge is 2.39. The Balaban J connectivity index is 1.53. The van der Waals surface area contributed by atoms with E-state index in [1.807, 2.05) is 6.92 Å². The lowest BCUT2D eigenvalue weighted by Crippen LogP contribution is -2.56. The normalized spacial score (nSPS) is 20.6. The Morgan fingerprint density at radius 3 is 2.20 bits per heavy atom. The average Bonchev–Trinajstić information content (AvgIpc) is 3.46. The first-order chi connectivity index (χ1) is 23.3. The van der Waals surface area contributed by atoms with E-state index >= 15 is 0 Å². The molecule has 1 N–H and O–H groups in total. The van der Waals surface area contributed by atoms with Crippen molar-refractivity contribution in [3.63, 3.8) is 0 Å². The van der Waals surface area contributed by atoms with E-state index < -0.39 is 53.2 Å². The van der Waals surface area contributed by atoms with Crippen LogP contribution in [0.25, 0.3) is 0 Å². The van der Waals surface area contributed by atoms with Gasteiger partial charge in [0.05, 0.1) is 37.0 Å². The van der Waals surface area contributed by atoms with Crippen LogP contribution in [-0.2, 0) is 43.1 Å². The summed E-state index contributed by atoms with van der Waals surface area (Å²) >= 11 is 0. The number of halogens is 8. The summed E-state index contributed by atoms with van der Waals surface area (Å²) in [4.78, 5) is 6.59. The summed E-state index contributed by atoms with van der Waals surface area (Å²) in [7, 11) is 1.44. The first kappa shape index (κ1) is 37.8. The molecule has 2 aromatic carbocycles. The van der Waals surface area contributed by atoms with Crippen molar-refractivity contribution in [2.24, 2.45) is 7.05 Å². The van der Waals surface area contributed by atoms with E-state index in [9.17, 15) is 40.2 Å². The number of nitrogens with zero attached hydrogens (tertiary/aromatic N) is 7. The monoisotopic (exact) mass is 719 g/mol. The molecule has 276 valence electrons. The molecule has 5 rings (SSSR count). The molecular weight excluding hydrogens is 678 g/mol. The number of piperidine rings is 1. The van der Waals surface area contributed by atoms with Gasteiger partial charge in [0.2, 0.25) is 0 Å². The lowest BCUT2D eigenvalue weighted by molar-refractivity contribution is -0.138. The van der Waals surface area contributed by atoms with E-state index in [2.05, 4.69) is 25.2 Å². The smallest absolute Gasteiger partial charge is 0.387 e. The minimum Gasteiger partial charge on any atom is -0.387 e. The Hall–Kier alpha value is -3.41. The second kappa shape index (κ2) is 14.7. The number of aromatic nitrogens is 4. The molecule has 3 aromatic rings. The lowest BCUT2D eigenvalue weighted by atomic mass is 9.88. The molecule has 0 saturated carbocycles. The highest BCUT2D eigenvalue weighted by Crippen LogP contribution is 2.39. The van der Waals surface area contributed by atoms with Gasteiger partial charge in [0, 0.05) is 57.8 Å². The molecule has 3 heterocycles. The molecular formula is C33H41F8N7O2. The fourth-order valence-electron chi connectivity index (χ4n) is 6.86. The Labute approximate surface area is 284 Å². The molecule has 2 aliphatic rings. The van der Waals surface area contributed by atoms with E-state index in [-0.39, 0.29) is 30.2 Å². The summed E-state index contributed by atoms with van der Waals surface area (Å²) in [6.07, 6.45) is -7.97. The van der Waals surface area contributed by atoms with E-state index in [1.165, 1.54) is 18.0 Å². The molecule has 0 radical (unpaired) electrons. The van der Waals surface area contributed by atoms with E-state index in [1.54, 1.807) is 0 Å². The summed E-state index contributed by atoms with van der Waals surface area (Å²) < 4.78 is 118. The molecule has 2 unspecified atom stereocenters. The van der Waals surface area contributed by atoms with Crippen LogP contribution in [0, 0.1) is 0 Å². The van der Waals surface area contributed by atoms with Gasteiger partial charge in [0.15, 0.2) is 0 Å². The average molecular weight is 720 g/mol. The summed E-state index contributed by atoms with van der Waals surface area (Å²) in [5, 5.41) is 23.6. The van der Waals surface area contributed by atoms with Crippen molar-refractivity contribution in [2.75, 3.05) is 50.8 Å². The van der Waals surface area contributed by atoms with E-state index in [0.717, 1.165) is 29.1 Å². The molecule has 2 fully saturated rings. The van der Waals surface area contributed by atoms with Gasteiger partial charge in [0.25, 0.3) is 11.9 Å². The number of aliphatic hydroxyl groups is 1. The molecule has 0 spiro atoms. The van der Waals surface area contributed by atoms with Crippen molar-refractivity contribution in [2.45, 2.75) is 76.1 Å². The number of rotatable bonds is 11. The van der Waals surface area contributed by atoms with Crippen molar-refractivity contribution >= 4 is 5.95 Å². The number of hydrogen-bond acceptors (Lipinski definition) is 8. The van der Waals surface area contributed by atoms with Crippen LogP contribution in [0.1, 0.15) is 72.5 Å². The zero-order valence-corrected chi connectivity index (χ0v) is 28.0. The molecule has 2 atom stereocenters. The van der Waals surface area contributed by atoms with Gasteiger partial charge >= 0.3 is 12.4 Å². The lowest BCUT2D eigenvalue weighted by Gasteiger charge is -2.45. The fourth-order valence-corrected chi connectivity index (χ4v) is 6.86. The van der Waals surface area contributed by atoms with Crippen molar-refractivity contribution in [3.8, 4) is 0 Å². The predicted octanol–water partition coefficient (Wildman–Crippen LogP) is 6.18. The molecule has 0 bridgehead atoms. The van der Waals surface area contributed by atoms with E-state index in [4.69, 9.17) is 4.74 Å². The molecule has 0 aliphatic carbocycles. The Bertz CT molecular complexity index is 1570. The van der Waals surface area contributed by atoms with Gasteiger partial charge in [0.1, 0.15) is 0 Å². The number of aryl methyl sites for hydroxylation is 1. The van der Waals surface area contributed by atoms with Crippen LogP contribution in [0.15, 0.2) is 36.4 Å². The second-order valence-corrected chi connectivity index (χ2v) is 13.3. The first-order valence-electron chi connectivity index (χ1n) is 16.4. The maximum atomic E-state index is 14.4. The van der Waals surface area contributed by atoms with E-state index in [0.29, 0.717) is 77.2 Å². The van der Waals surface area contributed by atoms with Gasteiger partial charge in [-0.3, -0.25) is 9.80 Å². The largest absolute Gasteiger partial charge is 0.416 e. The number of likely N-dealkylation sites (tertiary alicyclic amines) is 1. The maximum Gasteiger partial charge on any atom is 0.416 e. The highest BCUT2D eigenvalue weighted by molar-refractivity contribution is 5.42. The number of β-amino-alcohol motifs (C(OH)–C–C–N with tert-alkyl or cyclic N) is 1. The number of anilines is 1. The predicted molar refractivity (Wildman–Crippen MR) is 167 cm³/mol. The van der Waals surface area contributed by atoms with Crippen LogP contribution in [0.2, 0.25) is 0 Å². The topological polar surface area (TPSA) is 82.8 Å². The molecule has 0 amide bonds. The Morgan fingerprint density at radius 2 is 1.60 bits per heavy atom. The fraction of sp³-hybridized carbons (Fsp3) is 0.606. The van der Waals surface area contributed by atoms with Gasteiger partial charge in [-0.15, -0.1) is 5.10 Å². The quantitative estimate of drug-likeness (QED) is 0.236. The Morgan fingerprint density at radius 1 is 0.920 bits per heavy atom. The molecule has 50 heavy (non-hydrogen) atoms. The van der Waals surface area contributed by atoms with Crippen LogP contribution < -0.4 is 4.90 Å². The third-order valence-electron chi connectivity index (χ3n) is 9.21. The molecule has 2 aliphatic heterocycles. The summed E-state index contributed by atoms with van der Waals surface area (Å²) in [6, 6.07) is 4.97. The van der Waals surface area contributed by atoms with Gasteiger partial charge in [-0.1, -0.05) is 18.1 Å². The van der Waals surface area contributed by atoms with Crippen molar-refractivity contribution in [1.82, 2.24) is 30.0 Å². The first-order valence-corrected chi connectivity index (χ1v) is 16.4. The highest BCUT2D eigenvalue weighted by atomic mass is 19.4. The SMILES string of the molecule is CCC(c1ccc(C(F)(F)F)cc1CN(Cc1cc(C(C)(F)F)cc(C(F)(F)F)c1)c1nnn(C)n1)N1CCCC(O)(CN2CCOCC2)C1. The number of morpholine rings is 1. The number of alkyl halides is 8. The minimum absolute atomic E-state index is 0.121. The van der Waals surface area contributed by atoms with Crippen molar-refractivity contribution in [1.29, 1.82) is 0 Å². The summed E-state index contributed by atoms with van der Waals surface area (Å²) in [6.45, 7) is 5.36. The van der Waals surface area contributed by atoms with Crippen molar-refractivity contribution in [3.05, 3.63) is 69.8 Å². The van der Waals surface area contributed by atoms with Gasteiger partial charge in [-0.25, -0.2) is 8.78 Å². The zero-order valence-electron chi connectivity index (χ0n) is 28.0. The molecule has 9 nitrogen and oxygen atoms in total. The maximum absolute atomic E-state index is 14.4. The number of hydrogen-bond donors (Lipinski definition) is 1. The third-order valence-corrected chi connectivity index (χ3v) is 9.21. The van der Waals surface area contributed by atoms with Crippen LogP contribution in [0.4, 0.5) is 41.1 Å². The number of benzene rings is 2. The third kappa shape index (κ3) is 9.27. The summed E-state index contributed by atoms with van der Waals surface area (Å²) in [5.74, 6) is -3.73. The standard InChI is InChI=1S/C33H41F8N7O2/c1-4-28(47-9-5-8-31(49,21-47)20-46-10-12-50-13-11-46)27-7-6-24(32(36,37)38)16-23(27)19-48(29-42-44-45(3)43-29)18-22-14-25(30(2,34)35)17-26(15-22)33(39,40)41/h6-7,14-17,28,49H,4-5,8-13,18-21H2,1-3H3. The zero-order chi connectivity index (χ0) is 36.5. The molecule has 17 heteroatoms. The Kier molecular flexibility index (Phi) is 11.1. The molecule has 1 aromatic heterocycles. The van der Waals surface area contributed by atoms with Crippen LogP contribution in [0.5, 0.6) is 0 Å². The minimum atomic E-state index is -4.94. The molecule has 2 saturated heterocycles. The van der Waals surface area contributed by atoms with Crippen LogP contribution in [-0.4, -0.2) is 86.7 Å². The van der Waals surface area contributed by atoms with Gasteiger partial charge < -0.3 is 14.7 Å². The summed E-state index contributed by atoms with van der Waals surface area (Å²) in [5.41, 5.74) is -3.62.